The molecule has 0 aliphatic carbocycles. The largest absolute Gasteiger partial charge is 1.00 e. The van der Waals surface area contributed by atoms with E-state index in [0.717, 1.165) is 0 Å². The van der Waals surface area contributed by atoms with E-state index in [2.05, 4.69) is 25.8 Å². The Labute approximate surface area is 126 Å². The average Bonchev–Trinajstić information content (AvgIpc) is 1.92. The monoisotopic (exact) mass is 265 g/mol. The van der Waals surface area contributed by atoms with Crippen molar-refractivity contribution in [2.24, 2.45) is 0 Å². The van der Waals surface area contributed by atoms with Gasteiger partial charge in [-0.2, -0.15) is 0 Å². The second-order valence-corrected chi connectivity index (χ2v) is 12.5. The Kier molecular flexibility index (Phi) is 7.36. The predicted molar refractivity (Wildman–Crippen MR) is 75.5 cm³/mol. The summed E-state index contributed by atoms with van der Waals surface area (Å²) in [4.78, 5) is 13.9. The van der Waals surface area contributed by atoms with E-state index < -0.39 is 13.7 Å². The molecule has 1 amide bonds. The Bertz CT molecular complexity index is 274. The van der Waals surface area contributed by atoms with Gasteiger partial charge in [-0.25, -0.2) is 11.0 Å². The zero-order chi connectivity index (χ0) is 14.1. The first-order valence-electron chi connectivity index (χ1n) is 6.11. The third-order valence-electron chi connectivity index (χ3n) is 1.83. The van der Waals surface area contributed by atoms with Gasteiger partial charge in [-0.15, -0.1) is 0 Å². The van der Waals surface area contributed by atoms with Crippen LogP contribution in [-0.2, 0) is 4.74 Å². The second kappa shape index (κ2) is 6.50. The summed E-state index contributed by atoms with van der Waals surface area (Å²) in [6.07, 6.45) is 1.81. The average molecular weight is 265 g/mol. The van der Waals surface area contributed by atoms with Crippen LogP contribution in [0.5, 0.6) is 0 Å². The molecule has 18 heavy (non-hydrogen) atoms. The van der Waals surface area contributed by atoms with Crippen LogP contribution in [0.2, 0.25) is 19.6 Å². The van der Waals surface area contributed by atoms with Crippen LogP contribution in [0.4, 0.5) is 4.79 Å². The van der Waals surface area contributed by atoms with Crippen LogP contribution in [0.15, 0.2) is 0 Å². The number of carbonyl (C=O) groups is 1. The van der Waals surface area contributed by atoms with Gasteiger partial charge in [-0.3, -0.25) is 0 Å². The molecule has 0 rings (SSSR count). The zero-order valence-electron chi connectivity index (χ0n) is 13.8. The van der Waals surface area contributed by atoms with E-state index in [1.165, 1.54) is 0 Å². The fourth-order valence-corrected chi connectivity index (χ4v) is 2.49. The fraction of sp³-hybridized carbons (Fsp3) is 0.846. The molecule has 0 atom stereocenters. The molecule has 0 spiro atoms. The molecule has 0 aromatic heterocycles. The molecule has 0 N–H and O–H groups in total. The standard InChI is InChI=1S/C13H28NO2Si.Li/c1-12(2,3)14(10-17(7,8)9)11(15)16-13(4,5)6;/h10H,1-9H3;/q-1;+1. The van der Waals surface area contributed by atoms with Crippen molar-refractivity contribution in [1.29, 1.82) is 0 Å². The normalized spacial score (nSPS) is 12.7. The summed E-state index contributed by atoms with van der Waals surface area (Å²) in [5.74, 6) is 0. The van der Waals surface area contributed by atoms with Crippen LogP contribution in [-0.4, -0.2) is 30.2 Å². The number of ether oxygens (including phenoxy) is 1. The Morgan fingerprint density at radius 1 is 1.06 bits per heavy atom. The third kappa shape index (κ3) is 9.07. The van der Waals surface area contributed by atoms with Gasteiger partial charge in [0.2, 0.25) is 0 Å². The predicted octanol–water partition coefficient (Wildman–Crippen LogP) is 1.07. The van der Waals surface area contributed by atoms with Crippen LogP contribution < -0.4 is 18.9 Å². The minimum atomic E-state index is -1.47. The van der Waals surface area contributed by atoms with Crippen LogP contribution in [0.1, 0.15) is 41.5 Å². The summed E-state index contributed by atoms with van der Waals surface area (Å²) in [7, 11) is -1.47. The summed E-state index contributed by atoms with van der Waals surface area (Å²) in [5.41, 5.74) is -0.698. The summed E-state index contributed by atoms with van der Waals surface area (Å²) >= 11 is 0. The van der Waals surface area contributed by atoms with Crippen LogP contribution in [0.25, 0.3) is 0 Å². The molecule has 0 heterocycles. The van der Waals surface area contributed by atoms with Crippen molar-refractivity contribution in [3.05, 3.63) is 6.17 Å². The van der Waals surface area contributed by atoms with Crippen molar-refractivity contribution in [1.82, 2.24) is 4.90 Å². The van der Waals surface area contributed by atoms with E-state index in [0.29, 0.717) is 0 Å². The van der Waals surface area contributed by atoms with Gasteiger partial charge >= 0.3 is 25.0 Å². The Morgan fingerprint density at radius 2 is 1.44 bits per heavy atom. The van der Waals surface area contributed by atoms with Gasteiger partial charge in [0.05, 0.1) is 0 Å². The second-order valence-electron chi connectivity index (χ2n) is 7.52. The Hall–Kier alpha value is 0.0843. The molecule has 0 unspecified atom stereocenters. The molecule has 0 bridgehead atoms. The maximum absolute atomic E-state index is 12.2. The number of amides is 1. The first-order valence-corrected chi connectivity index (χ1v) is 9.68. The van der Waals surface area contributed by atoms with Crippen molar-refractivity contribution >= 4 is 14.2 Å². The van der Waals surface area contributed by atoms with Crippen molar-refractivity contribution in [2.75, 3.05) is 0 Å². The van der Waals surface area contributed by atoms with Gasteiger partial charge in [-0.05, 0) is 41.5 Å². The summed E-state index contributed by atoms with van der Waals surface area (Å²) in [6.45, 7) is 18.3. The molecule has 0 aromatic carbocycles. The van der Waals surface area contributed by atoms with E-state index in [9.17, 15) is 4.79 Å². The molecule has 3 nitrogen and oxygen atoms in total. The summed E-state index contributed by atoms with van der Waals surface area (Å²) in [6, 6.07) is 0. The van der Waals surface area contributed by atoms with Crippen molar-refractivity contribution in [2.45, 2.75) is 72.3 Å². The molecule has 0 aliphatic heterocycles. The number of rotatable bonds is 2. The van der Waals surface area contributed by atoms with E-state index in [1.807, 2.05) is 41.5 Å². The first kappa shape index (κ1) is 20.4. The Morgan fingerprint density at radius 3 is 1.67 bits per heavy atom. The van der Waals surface area contributed by atoms with Crippen molar-refractivity contribution in [3.63, 3.8) is 0 Å². The van der Waals surface area contributed by atoms with Crippen LogP contribution >= 0.6 is 0 Å². The van der Waals surface area contributed by atoms with E-state index in [-0.39, 0.29) is 30.5 Å². The molecule has 5 heteroatoms. The quantitative estimate of drug-likeness (QED) is 0.552. The summed E-state index contributed by atoms with van der Waals surface area (Å²) < 4.78 is 5.45. The maximum Gasteiger partial charge on any atom is 1.00 e. The molecule has 0 aromatic rings. The van der Waals surface area contributed by atoms with Crippen LogP contribution in [0.3, 0.4) is 0 Å². The smallest absolute Gasteiger partial charge is 0.455 e. The minimum absolute atomic E-state index is 0. The number of carbonyl (C=O) groups excluding carboxylic acids is 1. The van der Waals surface area contributed by atoms with Gasteiger partial charge in [0.15, 0.2) is 0 Å². The molecular weight excluding hydrogens is 237 g/mol. The number of hydrogen-bond acceptors (Lipinski definition) is 2. The fourth-order valence-electron chi connectivity index (χ4n) is 1.22. The van der Waals surface area contributed by atoms with Gasteiger partial charge in [0, 0.05) is 5.54 Å². The topological polar surface area (TPSA) is 29.5 Å². The van der Waals surface area contributed by atoms with Gasteiger partial charge < -0.3 is 9.64 Å². The molecule has 0 radical (unpaired) electrons. The van der Waals surface area contributed by atoms with Gasteiger partial charge in [0.1, 0.15) is 5.60 Å². The molecule has 0 aliphatic rings. The molecule has 0 saturated carbocycles. The zero-order valence-corrected chi connectivity index (χ0v) is 14.8. The molecule has 0 fully saturated rings. The Balaban J connectivity index is 0. The summed E-state index contributed by atoms with van der Waals surface area (Å²) in [5, 5.41) is 0. The minimum Gasteiger partial charge on any atom is -0.455 e. The van der Waals surface area contributed by atoms with E-state index >= 15 is 0 Å². The van der Waals surface area contributed by atoms with E-state index in [4.69, 9.17) is 4.74 Å². The number of nitrogens with zero attached hydrogens (tertiary/aromatic N) is 1. The van der Waals surface area contributed by atoms with Gasteiger partial charge in [0.25, 0.3) is 0 Å². The third-order valence-corrected chi connectivity index (χ3v) is 2.86. The van der Waals surface area contributed by atoms with Gasteiger partial charge in [-0.1, -0.05) is 27.7 Å². The van der Waals surface area contributed by atoms with Crippen molar-refractivity contribution < 1.29 is 28.4 Å². The van der Waals surface area contributed by atoms with E-state index in [1.54, 1.807) is 4.90 Å². The molecular formula is C13H28LiNO2Si. The van der Waals surface area contributed by atoms with Crippen molar-refractivity contribution in [3.8, 4) is 0 Å². The number of hydrogen-bond donors (Lipinski definition) is 0. The molecule has 102 valence electrons. The SMILES string of the molecule is CC(C)(C)OC(=O)N([CH-][Si](C)(C)C)C(C)(C)C.[Li+]. The van der Waals surface area contributed by atoms with Crippen LogP contribution in [0, 0.1) is 6.17 Å². The first-order chi connectivity index (χ1) is 7.22. The molecule has 0 saturated heterocycles. The maximum atomic E-state index is 12.2.